The van der Waals surface area contributed by atoms with Crippen LogP contribution >= 0.6 is 11.3 Å². The molecule has 0 spiro atoms. The van der Waals surface area contributed by atoms with Gasteiger partial charge in [0.05, 0.1) is 17.7 Å². The lowest BCUT2D eigenvalue weighted by molar-refractivity contribution is -0.154. The van der Waals surface area contributed by atoms with Crippen LogP contribution in [-0.2, 0) is 20.9 Å². The second-order valence-electron chi connectivity index (χ2n) is 4.58. The third-order valence-corrected chi connectivity index (χ3v) is 4.09. The normalized spacial score (nSPS) is 22.4. The number of carboxylic acids is 1. The van der Waals surface area contributed by atoms with E-state index in [0.29, 0.717) is 19.4 Å². The van der Waals surface area contributed by atoms with Crippen LogP contribution in [0.1, 0.15) is 23.4 Å². The first-order chi connectivity index (χ1) is 8.99. The van der Waals surface area contributed by atoms with E-state index in [1.54, 1.807) is 17.5 Å². The lowest BCUT2D eigenvalue weighted by Gasteiger charge is -2.20. The van der Waals surface area contributed by atoms with Gasteiger partial charge in [-0.25, -0.2) is 9.78 Å². The second-order valence-corrected chi connectivity index (χ2v) is 5.52. The molecule has 0 aromatic carbocycles. The Morgan fingerprint density at radius 2 is 2.21 bits per heavy atom. The molecule has 19 heavy (non-hydrogen) atoms. The molecule has 7 heteroatoms. The molecule has 0 saturated carbocycles. The number of hydrogen-bond acceptors (Lipinski definition) is 5. The number of aryl methyl sites for hydroxylation is 1. The molecule has 6 nitrogen and oxygen atoms in total. The molecular formula is C12H16N2O4S. The van der Waals surface area contributed by atoms with Crippen molar-refractivity contribution in [2.45, 2.75) is 38.5 Å². The fourth-order valence-corrected chi connectivity index (χ4v) is 2.85. The average molecular weight is 284 g/mol. The van der Waals surface area contributed by atoms with E-state index in [1.807, 2.05) is 6.92 Å². The first-order valence-corrected chi connectivity index (χ1v) is 6.89. The number of ether oxygens (including phenoxy) is 1. The van der Waals surface area contributed by atoms with Crippen molar-refractivity contribution in [3.8, 4) is 0 Å². The number of amides is 1. The van der Waals surface area contributed by atoms with Crippen molar-refractivity contribution >= 4 is 23.2 Å². The molecule has 1 aromatic heterocycles. The first kappa shape index (κ1) is 14.0. The maximum Gasteiger partial charge on any atom is 0.332 e. The molecule has 1 aliphatic rings. The molecule has 1 N–H and O–H groups in total. The maximum atomic E-state index is 12.1. The highest BCUT2D eigenvalue weighted by Gasteiger charge is 2.36. The smallest absolute Gasteiger partial charge is 0.332 e. The van der Waals surface area contributed by atoms with E-state index in [0.717, 1.165) is 10.6 Å². The summed E-state index contributed by atoms with van der Waals surface area (Å²) >= 11 is 1.50. The SMILES string of the molecule is Cc1ncsc1CN(C)C(=O)C1CCC(C(=O)O)O1. The molecule has 1 fully saturated rings. The highest BCUT2D eigenvalue weighted by Crippen LogP contribution is 2.22. The molecule has 2 atom stereocenters. The molecule has 2 unspecified atom stereocenters. The zero-order chi connectivity index (χ0) is 14.0. The van der Waals surface area contributed by atoms with Crippen molar-refractivity contribution in [2.24, 2.45) is 0 Å². The predicted molar refractivity (Wildman–Crippen MR) is 68.9 cm³/mol. The third-order valence-electron chi connectivity index (χ3n) is 3.17. The Labute approximate surface area is 115 Å². The summed E-state index contributed by atoms with van der Waals surface area (Å²) in [7, 11) is 1.69. The van der Waals surface area contributed by atoms with Crippen molar-refractivity contribution in [1.82, 2.24) is 9.88 Å². The van der Waals surface area contributed by atoms with Gasteiger partial charge in [0, 0.05) is 11.9 Å². The van der Waals surface area contributed by atoms with Gasteiger partial charge in [-0.2, -0.15) is 0 Å². The van der Waals surface area contributed by atoms with E-state index in [4.69, 9.17) is 9.84 Å². The van der Waals surface area contributed by atoms with Gasteiger partial charge in [0.25, 0.3) is 5.91 Å². The Morgan fingerprint density at radius 1 is 1.53 bits per heavy atom. The minimum atomic E-state index is -1.00. The van der Waals surface area contributed by atoms with Gasteiger partial charge < -0.3 is 14.7 Å². The van der Waals surface area contributed by atoms with Gasteiger partial charge in [-0.1, -0.05) is 0 Å². The molecular weight excluding hydrogens is 268 g/mol. The number of thiazole rings is 1. The van der Waals surface area contributed by atoms with Crippen LogP contribution in [0.2, 0.25) is 0 Å². The molecule has 0 radical (unpaired) electrons. The zero-order valence-corrected chi connectivity index (χ0v) is 11.6. The lowest BCUT2D eigenvalue weighted by atomic mass is 10.2. The number of carboxylic acid groups (broad SMARTS) is 1. The van der Waals surface area contributed by atoms with Crippen molar-refractivity contribution in [3.05, 3.63) is 16.1 Å². The quantitative estimate of drug-likeness (QED) is 0.893. The van der Waals surface area contributed by atoms with Gasteiger partial charge >= 0.3 is 5.97 Å². The second kappa shape index (κ2) is 5.66. The minimum absolute atomic E-state index is 0.170. The van der Waals surface area contributed by atoms with Gasteiger partial charge in [-0.15, -0.1) is 11.3 Å². The lowest BCUT2D eigenvalue weighted by Crippen LogP contribution is -2.36. The number of hydrogen-bond donors (Lipinski definition) is 1. The van der Waals surface area contributed by atoms with Gasteiger partial charge in [0.15, 0.2) is 6.10 Å². The highest BCUT2D eigenvalue weighted by atomic mass is 32.1. The maximum absolute atomic E-state index is 12.1. The minimum Gasteiger partial charge on any atom is -0.479 e. The van der Waals surface area contributed by atoms with Crippen LogP contribution in [0.4, 0.5) is 0 Å². The summed E-state index contributed by atoms with van der Waals surface area (Å²) < 4.78 is 5.25. The molecule has 1 amide bonds. The summed E-state index contributed by atoms with van der Waals surface area (Å²) in [6.07, 6.45) is -0.645. The first-order valence-electron chi connectivity index (χ1n) is 6.01. The zero-order valence-electron chi connectivity index (χ0n) is 10.8. The molecule has 0 aliphatic carbocycles. The van der Waals surface area contributed by atoms with Crippen molar-refractivity contribution in [1.29, 1.82) is 0 Å². The Kier molecular flexibility index (Phi) is 4.16. The number of carbonyl (C=O) groups is 2. The van der Waals surface area contributed by atoms with Crippen LogP contribution in [0.25, 0.3) is 0 Å². The Morgan fingerprint density at radius 3 is 2.74 bits per heavy atom. The number of likely N-dealkylation sites (N-methyl/N-ethyl adjacent to an activating group) is 1. The van der Waals surface area contributed by atoms with Crippen LogP contribution in [-0.4, -0.2) is 46.1 Å². The van der Waals surface area contributed by atoms with Crippen LogP contribution in [0.5, 0.6) is 0 Å². The monoisotopic (exact) mass is 284 g/mol. The summed E-state index contributed by atoms with van der Waals surface area (Å²) in [6, 6.07) is 0. The fraction of sp³-hybridized carbons (Fsp3) is 0.583. The molecule has 1 aromatic rings. The van der Waals surface area contributed by atoms with Crippen LogP contribution < -0.4 is 0 Å². The summed E-state index contributed by atoms with van der Waals surface area (Å²) in [4.78, 5) is 29.7. The van der Waals surface area contributed by atoms with E-state index in [1.165, 1.54) is 11.3 Å². The van der Waals surface area contributed by atoms with E-state index >= 15 is 0 Å². The van der Waals surface area contributed by atoms with Crippen molar-refractivity contribution in [3.63, 3.8) is 0 Å². The molecule has 0 bridgehead atoms. The molecule has 2 heterocycles. The number of rotatable bonds is 4. The Hall–Kier alpha value is -1.47. The summed E-state index contributed by atoms with van der Waals surface area (Å²) in [5.41, 5.74) is 2.66. The molecule has 2 rings (SSSR count). The third kappa shape index (κ3) is 3.10. The predicted octanol–water partition coefficient (Wildman–Crippen LogP) is 1.04. The van der Waals surface area contributed by atoms with E-state index < -0.39 is 18.2 Å². The Balaban J connectivity index is 1.93. The van der Waals surface area contributed by atoms with E-state index in [2.05, 4.69) is 4.98 Å². The standard InChI is InChI=1S/C12H16N2O4S/c1-7-10(19-6-13-7)5-14(2)11(15)8-3-4-9(18-8)12(16)17/h6,8-9H,3-5H2,1-2H3,(H,16,17). The Bertz CT molecular complexity index is 488. The van der Waals surface area contributed by atoms with Crippen LogP contribution in [0.15, 0.2) is 5.51 Å². The van der Waals surface area contributed by atoms with E-state index in [-0.39, 0.29) is 5.91 Å². The fourth-order valence-electron chi connectivity index (χ4n) is 2.02. The van der Waals surface area contributed by atoms with Gasteiger partial charge in [-0.3, -0.25) is 4.79 Å². The number of aliphatic carboxylic acids is 1. The van der Waals surface area contributed by atoms with Gasteiger partial charge in [-0.05, 0) is 19.8 Å². The highest BCUT2D eigenvalue weighted by molar-refractivity contribution is 7.09. The summed E-state index contributed by atoms with van der Waals surface area (Å²) in [5.74, 6) is -1.17. The van der Waals surface area contributed by atoms with Crippen molar-refractivity contribution in [2.75, 3.05) is 7.05 Å². The van der Waals surface area contributed by atoms with Crippen molar-refractivity contribution < 1.29 is 19.4 Å². The molecule has 1 aliphatic heterocycles. The van der Waals surface area contributed by atoms with Gasteiger partial charge in [0.2, 0.25) is 0 Å². The summed E-state index contributed by atoms with van der Waals surface area (Å²) in [5, 5.41) is 8.84. The van der Waals surface area contributed by atoms with Crippen LogP contribution in [0, 0.1) is 6.92 Å². The summed E-state index contributed by atoms with van der Waals surface area (Å²) in [6.45, 7) is 2.38. The number of aromatic nitrogens is 1. The largest absolute Gasteiger partial charge is 0.479 e. The number of carbonyl (C=O) groups excluding carboxylic acids is 1. The topological polar surface area (TPSA) is 79.7 Å². The molecule has 104 valence electrons. The van der Waals surface area contributed by atoms with Gasteiger partial charge in [0.1, 0.15) is 6.10 Å². The van der Waals surface area contributed by atoms with Crippen LogP contribution in [0.3, 0.4) is 0 Å². The number of nitrogens with zero attached hydrogens (tertiary/aromatic N) is 2. The average Bonchev–Trinajstić information content (AvgIpc) is 2.98. The molecule has 1 saturated heterocycles. The van der Waals surface area contributed by atoms with E-state index in [9.17, 15) is 9.59 Å².